The van der Waals surface area contributed by atoms with Gasteiger partial charge < -0.3 is 10.1 Å². The van der Waals surface area contributed by atoms with Crippen molar-refractivity contribution < 1.29 is 31.5 Å². The number of rotatable bonds is 7. The van der Waals surface area contributed by atoms with E-state index in [2.05, 4.69) is 10.4 Å². The van der Waals surface area contributed by atoms with Crippen LogP contribution in [0, 0.1) is 42.9 Å². The summed E-state index contributed by atoms with van der Waals surface area (Å²) in [5.41, 5.74) is 0.511. The highest BCUT2D eigenvalue weighted by Crippen LogP contribution is 2.36. The number of nitrogens with one attached hydrogen (secondary N) is 1. The zero-order chi connectivity index (χ0) is 28.6. The molecule has 1 N–H and O–H groups in total. The number of carbonyl (C=O) groups is 1. The number of aryl methyl sites for hydroxylation is 1. The Labute approximate surface area is 234 Å². The summed E-state index contributed by atoms with van der Waals surface area (Å²) < 4.78 is 75.7. The highest BCUT2D eigenvalue weighted by molar-refractivity contribution is 6.40. The number of carbonyl (C=O) groups excluding carboxylic acids is 1. The molecule has 1 aromatic heterocycles. The van der Waals surface area contributed by atoms with E-state index in [0.717, 1.165) is 4.68 Å². The smallest absolute Gasteiger partial charge is 0.255 e. The van der Waals surface area contributed by atoms with Crippen LogP contribution in [0.1, 0.15) is 32.9 Å². The Morgan fingerprint density at radius 3 is 2.13 bits per heavy atom. The second-order valence-corrected chi connectivity index (χ2v) is 9.64. The highest BCUT2D eigenvalue weighted by atomic mass is 35.5. The topological polar surface area (TPSA) is 56.2 Å². The molecule has 0 bridgehead atoms. The molecule has 204 valence electrons. The van der Waals surface area contributed by atoms with Crippen molar-refractivity contribution in [1.82, 2.24) is 9.78 Å². The molecule has 0 aliphatic rings. The Morgan fingerprint density at radius 1 is 0.923 bits per heavy atom. The summed E-state index contributed by atoms with van der Waals surface area (Å²) in [4.78, 5) is 13.0. The second kappa shape index (κ2) is 11.4. The summed E-state index contributed by atoms with van der Waals surface area (Å²) in [6, 6.07) is 9.41. The fraction of sp³-hybridized carbons (Fsp3) is 0.154. The number of ether oxygens (including phenoxy) is 1. The Bertz CT molecular complexity index is 1560. The summed E-state index contributed by atoms with van der Waals surface area (Å²) >= 11 is 18.2. The molecular formula is C26H17Cl3F5N3O2. The van der Waals surface area contributed by atoms with Gasteiger partial charge >= 0.3 is 0 Å². The maximum absolute atomic E-state index is 14.2. The summed E-state index contributed by atoms with van der Waals surface area (Å²) in [7, 11) is 0. The van der Waals surface area contributed by atoms with Crippen molar-refractivity contribution in [2.24, 2.45) is 0 Å². The zero-order valence-corrected chi connectivity index (χ0v) is 22.4. The molecule has 0 radical (unpaired) electrons. The van der Waals surface area contributed by atoms with Gasteiger partial charge in [-0.25, -0.2) is 22.0 Å². The van der Waals surface area contributed by atoms with Crippen molar-refractivity contribution in [3.63, 3.8) is 0 Å². The number of halogens is 8. The maximum Gasteiger partial charge on any atom is 0.255 e. The van der Waals surface area contributed by atoms with Gasteiger partial charge in [-0.05, 0) is 43.7 Å². The van der Waals surface area contributed by atoms with Crippen molar-refractivity contribution >= 4 is 46.4 Å². The fourth-order valence-electron chi connectivity index (χ4n) is 3.78. The molecule has 5 nitrogen and oxygen atoms in total. The van der Waals surface area contributed by atoms with Gasteiger partial charge in [-0.15, -0.1) is 0 Å². The predicted octanol–water partition coefficient (Wildman–Crippen LogP) is 8.04. The van der Waals surface area contributed by atoms with Crippen molar-refractivity contribution in [1.29, 1.82) is 0 Å². The summed E-state index contributed by atoms with van der Waals surface area (Å²) in [6.07, 6.45) is 0. The Kier molecular flexibility index (Phi) is 8.39. The van der Waals surface area contributed by atoms with Crippen LogP contribution in [-0.2, 0) is 13.2 Å². The minimum absolute atomic E-state index is 0.0279. The van der Waals surface area contributed by atoms with Gasteiger partial charge in [-0.1, -0.05) is 46.9 Å². The van der Waals surface area contributed by atoms with Gasteiger partial charge in [0.15, 0.2) is 29.0 Å². The largest absolute Gasteiger partial charge is 0.486 e. The molecule has 3 aromatic carbocycles. The van der Waals surface area contributed by atoms with Gasteiger partial charge in [0.2, 0.25) is 5.82 Å². The average Bonchev–Trinajstić information content (AvgIpc) is 3.15. The molecule has 0 saturated heterocycles. The van der Waals surface area contributed by atoms with E-state index < -0.39 is 47.1 Å². The third kappa shape index (κ3) is 5.83. The van der Waals surface area contributed by atoms with Gasteiger partial charge in [-0.3, -0.25) is 9.48 Å². The normalized spacial score (nSPS) is 11.1. The number of benzene rings is 3. The lowest BCUT2D eigenvalue weighted by atomic mass is 10.1. The van der Waals surface area contributed by atoms with E-state index in [-0.39, 0.29) is 45.0 Å². The fourth-order valence-corrected chi connectivity index (χ4v) is 4.71. The van der Waals surface area contributed by atoms with Crippen LogP contribution < -0.4 is 10.1 Å². The molecule has 0 aliphatic heterocycles. The molecule has 1 heterocycles. The van der Waals surface area contributed by atoms with Crippen molar-refractivity contribution in [2.45, 2.75) is 27.0 Å². The molecule has 0 saturated carbocycles. The molecule has 13 heteroatoms. The van der Waals surface area contributed by atoms with Crippen molar-refractivity contribution in [3.8, 4) is 5.75 Å². The van der Waals surface area contributed by atoms with E-state index in [9.17, 15) is 26.7 Å². The van der Waals surface area contributed by atoms with Gasteiger partial charge in [-0.2, -0.15) is 5.10 Å². The number of hydrogen-bond donors (Lipinski definition) is 1. The number of amides is 1. The number of aromatic nitrogens is 2. The highest BCUT2D eigenvalue weighted by Gasteiger charge is 2.27. The van der Waals surface area contributed by atoms with Crippen LogP contribution in [0.15, 0.2) is 36.4 Å². The molecule has 4 aromatic rings. The molecule has 0 fully saturated rings. The van der Waals surface area contributed by atoms with Crippen molar-refractivity contribution in [2.75, 3.05) is 5.32 Å². The first kappa shape index (κ1) is 28.7. The molecule has 39 heavy (non-hydrogen) atoms. The lowest BCUT2D eigenvalue weighted by Gasteiger charge is -2.12. The lowest BCUT2D eigenvalue weighted by molar-refractivity contribution is 0.102. The first-order chi connectivity index (χ1) is 18.4. The van der Waals surface area contributed by atoms with Crippen LogP contribution in [0.3, 0.4) is 0 Å². The third-order valence-electron chi connectivity index (χ3n) is 5.76. The maximum atomic E-state index is 14.2. The molecule has 4 rings (SSSR count). The molecule has 1 amide bonds. The molecule has 0 atom stereocenters. The van der Waals surface area contributed by atoms with Crippen LogP contribution >= 0.6 is 34.8 Å². The van der Waals surface area contributed by atoms with E-state index in [4.69, 9.17) is 39.5 Å². The van der Waals surface area contributed by atoms with Gasteiger partial charge in [0.25, 0.3) is 5.91 Å². The van der Waals surface area contributed by atoms with Gasteiger partial charge in [0.1, 0.15) is 6.61 Å². The Hall–Kier alpha value is -3.34. The van der Waals surface area contributed by atoms with E-state index in [0.29, 0.717) is 10.6 Å². The predicted molar refractivity (Wildman–Crippen MR) is 137 cm³/mol. The van der Waals surface area contributed by atoms with Crippen LogP contribution in [-0.4, -0.2) is 15.7 Å². The average molecular weight is 605 g/mol. The molecular weight excluding hydrogens is 588 g/mol. The van der Waals surface area contributed by atoms with Gasteiger partial charge in [0, 0.05) is 10.6 Å². The van der Waals surface area contributed by atoms with Crippen LogP contribution in [0.25, 0.3) is 0 Å². The number of anilines is 1. The monoisotopic (exact) mass is 603 g/mol. The summed E-state index contributed by atoms with van der Waals surface area (Å²) in [5.74, 6) is -10.6. The summed E-state index contributed by atoms with van der Waals surface area (Å²) in [6.45, 7) is 2.27. The summed E-state index contributed by atoms with van der Waals surface area (Å²) in [5, 5.41) is 7.55. The minimum Gasteiger partial charge on any atom is -0.486 e. The molecule has 0 spiro atoms. The zero-order valence-electron chi connectivity index (χ0n) is 20.1. The van der Waals surface area contributed by atoms with Gasteiger partial charge in [0.05, 0.1) is 39.2 Å². The van der Waals surface area contributed by atoms with E-state index in [1.54, 1.807) is 24.3 Å². The van der Waals surface area contributed by atoms with E-state index >= 15 is 0 Å². The standard InChI is InChI=1S/C26H17Cl3F5N3O2/c1-11-24(12(2)37(36-11)9-16-19(30)21(32)23(34)22(33)20(16)31)35-26(38)14-5-3-4-13(6-14)10-39-25-17(28)7-15(27)8-18(25)29/h3-8H,9-10H2,1-2H3,(H,35,38). The first-order valence-electron chi connectivity index (χ1n) is 11.1. The van der Waals surface area contributed by atoms with Crippen LogP contribution in [0.4, 0.5) is 27.6 Å². The van der Waals surface area contributed by atoms with E-state index in [1.807, 2.05) is 0 Å². The number of nitrogens with zero attached hydrogens (tertiary/aromatic N) is 2. The Balaban J connectivity index is 1.52. The first-order valence-corrected chi connectivity index (χ1v) is 12.2. The second-order valence-electron chi connectivity index (χ2n) is 8.39. The number of hydrogen-bond acceptors (Lipinski definition) is 3. The quantitative estimate of drug-likeness (QED) is 0.132. The third-order valence-corrected chi connectivity index (χ3v) is 6.54. The minimum atomic E-state index is -2.25. The molecule has 0 aliphatic carbocycles. The van der Waals surface area contributed by atoms with Crippen LogP contribution in [0.5, 0.6) is 5.75 Å². The lowest BCUT2D eigenvalue weighted by Crippen LogP contribution is -2.15. The van der Waals surface area contributed by atoms with Crippen molar-refractivity contribution in [3.05, 3.63) is 109 Å². The SMILES string of the molecule is Cc1nn(Cc2c(F)c(F)c(F)c(F)c2F)c(C)c1NC(=O)c1cccc(COc2c(Cl)cc(Cl)cc2Cl)c1. The molecule has 0 unspecified atom stereocenters. The van der Waals surface area contributed by atoms with Crippen LogP contribution in [0.2, 0.25) is 15.1 Å². The van der Waals surface area contributed by atoms with E-state index in [1.165, 1.54) is 26.0 Å². The Morgan fingerprint density at radius 2 is 1.51 bits per heavy atom.